The van der Waals surface area contributed by atoms with Crippen molar-refractivity contribution < 1.29 is 0 Å². The van der Waals surface area contributed by atoms with Gasteiger partial charge in [0.1, 0.15) is 0 Å². The molecule has 0 aliphatic heterocycles. The minimum absolute atomic E-state index is 0.127. The quantitative estimate of drug-likeness (QED) is 0.837. The summed E-state index contributed by atoms with van der Waals surface area (Å²) < 4.78 is 2.95. The Morgan fingerprint density at radius 1 is 1.38 bits per heavy atom. The maximum absolute atomic E-state index is 6.41. The van der Waals surface area contributed by atoms with Gasteiger partial charge in [0.05, 0.1) is 28.1 Å². The third-order valence-corrected chi connectivity index (χ3v) is 4.37. The molecular weight excluding hydrogens is 352 g/mol. The summed E-state index contributed by atoms with van der Waals surface area (Å²) in [5.74, 6) is 0. The van der Waals surface area contributed by atoms with Crippen molar-refractivity contribution in [2.75, 3.05) is 6.54 Å². The molecule has 0 fully saturated rings. The Morgan fingerprint density at radius 2 is 2.14 bits per heavy atom. The third-order valence-electron chi connectivity index (χ3n) is 3.41. The molecule has 1 N–H and O–H groups in total. The molecule has 2 aromatic heterocycles. The number of aromatic nitrogens is 3. The Balaban J connectivity index is 2.30. The number of pyridine rings is 1. The molecule has 0 radical (unpaired) electrons. The van der Waals surface area contributed by atoms with Crippen LogP contribution in [0.1, 0.15) is 37.0 Å². The van der Waals surface area contributed by atoms with Gasteiger partial charge < -0.3 is 5.32 Å². The van der Waals surface area contributed by atoms with Gasteiger partial charge in [-0.15, -0.1) is 0 Å². The summed E-state index contributed by atoms with van der Waals surface area (Å²) >= 11 is 9.83. The van der Waals surface area contributed by atoms with Gasteiger partial charge in [-0.25, -0.2) is 0 Å². The Morgan fingerprint density at radius 3 is 2.71 bits per heavy atom. The van der Waals surface area contributed by atoms with E-state index in [1.54, 1.807) is 0 Å². The Bertz CT molecular complexity index is 594. The van der Waals surface area contributed by atoms with E-state index in [9.17, 15) is 0 Å². The van der Waals surface area contributed by atoms with Crippen molar-refractivity contribution in [1.82, 2.24) is 20.1 Å². The van der Waals surface area contributed by atoms with E-state index in [0.29, 0.717) is 0 Å². The highest BCUT2D eigenvalue weighted by Crippen LogP contribution is 2.26. The molecule has 2 aromatic rings. The van der Waals surface area contributed by atoms with Gasteiger partial charge >= 0.3 is 0 Å². The molecule has 1 atom stereocenters. The first-order chi connectivity index (χ1) is 10.1. The number of likely N-dealkylation sites (N-methyl/N-ethyl adjacent to an activating group) is 1. The highest BCUT2D eigenvalue weighted by atomic mass is 79.9. The predicted molar refractivity (Wildman–Crippen MR) is 89.7 cm³/mol. The summed E-state index contributed by atoms with van der Waals surface area (Å²) in [4.78, 5) is 4.50. The molecule has 6 heteroatoms. The van der Waals surface area contributed by atoms with Crippen LogP contribution in [0.5, 0.6) is 0 Å². The molecule has 0 saturated carbocycles. The Kier molecular flexibility index (Phi) is 5.79. The molecule has 1 unspecified atom stereocenters. The standard InChI is InChI=1S/C15H20BrClN4/c1-4-18-13(12-7-6-11(16)9-19-12)8-14-15(17)10(3)20-21(14)5-2/h6-7,9,13,18H,4-5,8H2,1-3H3. The largest absolute Gasteiger partial charge is 0.309 e. The van der Waals surface area contributed by atoms with Crippen LogP contribution < -0.4 is 5.32 Å². The molecule has 0 aliphatic carbocycles. The zero-order valence-corrected chi connectivity index (χ0v) is 14.9. The molecule has 21 heavy (non-hydrogen) atoms. The van der Waals surface area contributed by atoms with E-state index in [1.165, 1.54) is 0 Å². The molecule has 0 aromatic carbocycles. The first-order valence-corrected chi connectivity index (χ1v) is 8.30. The van der Waals surface area contributed by atoms with Crippen molar-refractivity contribution in [2.24, 2.45) is 0 Å². The van der Waals surface area contributed by atoms with Crippen LogP contribution in [-0.2, 0) is 13.0 Å². The molecule has 2 heterocycles. The topological polar surface area (TPSA) is 42.7 Å². The monoisotopic (exact) mass is 370 g/mol. The van der Waals surface area contributed by atoms with E-state index < -0.39 is 0 Å². The van der Waals surface area contributed by atoms with Crippen LogP contribution in [0.15, 0.2) is 22.8 Å². The lowest BCUT2D eigenvalue weighted by Gasteiger charge is -2.18. The van der Waals surface area contributed by atoms with Gasteiger partial charge in [0, 0.05) is 23.6 Å². The Labute approximate surface area is 139 Å². The second kappa shape index (κ2) is 7.38. The smallest absolute Gasteiger partial charge is 0.0847 e. The molecule has 2 rings (SSSR count). The number of aryl methyl sites for hydroxylation is 2. The van der Waals surface area contributed by atoms with E-state index in [-0.39, 0.29) is 6.04 Å². The van der Waals surface area contributed by atoms with Gasteiger partial charge in [-0.1, -0.05) is 18.5 Å². The fourth-order valence-electron chi connectivity index (χ4n) is 2.38. The van der Waals surface area contributed by atoms with Gasteiger partial charge in [-0.3, -0.25) is 9.67 Å². The second-order valence-electron chi connectivity index (χ2n) is 4.88. The number of nitrogens with zero attached hydrogens (tertiary/aromatic N) is 3. The van der Waals surface area contributed by atoms with Gasteiger partial charge in [0.25, 0.3) is 0 Å². The van der Waals surface area contributed by atoms with E-state index in [0.717, 1.165) is 46.1 Å². The normalized spacial score (nSPS) is 12.6. The van der Waals surface area contributed by atoms with Crippen molar-refractivity contribution in [3.05, 3.63) is 44.9 Å². The Hall–Kier alpha value is -0.910. The lowest BCUT2D eigenvalue weighted by molar-refractivity contribution is 0.506. The minimum atomic E-state index is 0.127. The van der Waals surface area contributed by atoms with Crippen LogP contribution in [0.4, 0.5) is 0 Å². The molecular formula is C15H20BrClN4. The average Bonchev–Trinajstić information content (AvgIpc) is 2.75. The maximum Gasteiger partial charge on any atom is 0.0847 e. The summed E-state index contributed by atoms with van der Waals surface area (Å²) in [5.41, 5.74) is 2.96. The summed E-state index contributed by atoms with van der Waals surface area (Å²) in [5, 5.41) is 8.72. The number of halogens is 2. The SMILES string of the molecule is CCNC(Cc1c(Cl)c(C)nn1CC)c1ccc(Br)cn1. The van der Waals surface area contributed by atoms with Crippen molar-refractivity contribution in [3.8, 4) is 0 Å². The summed E-state index contributed by atoms with van der Waals surface area (Å²) in [6.45, 7) is 7.80. The fraction of sp³-hybridized carbons (Fsp3) is 0.467. The van der Waals surface area contributed by atoms with E-state index in [1.807, 2.05) is 29.9 Å². The van der Waals surface area contributed by atoms with Crippen LogP contribution in [0.2, 0.25) is 5.02 Å². The lowest BCUT2D eigenvalue weighted by Crippen LogP contribution is -2.25. The maximum atomic E-state index is 6.41. The van der Waals surface area contributed by atoms with Crippen LogP contribution >= 0.6 is 27.5 Å². The average molecular weight is 372 g/mol. The second-order valence-corrected chi connectivity index (χ2v) is 6.17. The van der Waals surface area contributed by atoms with E-state index >= 15 is 0 Å². The van der Waals surface area contributed by atoms with Gasteiger partial charge in [-0.2, -0.15) is 5.10 Å². The van der Waals surface area contributed by atoms with Crippen molar-refractivity contribution in [3.63, 3.8) is 0 Å². The highest BCUT2D eigenvalue weighted by molar-refractivity contribution is 9.10. The zero-order chi connectivity index (χ0) is 15.4. The van der Waals surface area contributed by atoms with Crippen LogP contribution in [0, 0.1) is 6.92 Å². The number of hydrogen-bond donors (Lipinski definition) is 1. The van der Waals surface area contributed by atoms with Crippen molar-refractivity contribution in [1.29, 1.82) is 0 Å². The first kappa shape index (κ1) is 16.5. The summed E-state index contributed by atoms with van der Waals surface area (Å²) in [6, 6.07) is 4.17. The molecule has 0 spiro atoms. The van der Waals surface area contributed by atoms with E-state index in [2.05, 4.69) is 45.2 Å². The molecule has 0 saturated heterocycles. The third kappa shape index (κ3) is 3.84. The van der Waals surface area contributed by atoms with Crippen molar-refractivity contribution in [2.45, 2.75) is 39.8 Å². The molecule has 0 aliphatic rings. The number of hydrogen-bond acceptors (Lipinski definition) is 3. The first-order valence-electron chi connectivity index (χ1n) is 7.13. The van der Waals surface area contributed by atoms with E-state index in [4.69, 9.17) is 11.6 Å². The van der Waals surface area contributed by atoms with Crippen LogP contribution in [0.3, 0.4) is 0 Å². The van der Waals surface area contributed by atoms with Crippen LogP contribution in [-0.4, -0.2) is 21.3 Å². The molecule has 0 bridgehead atoms. The summed E-state index contributed by atoms with van der Waals surface area (Å²) in [7, 11) is 0. The predicted octanol–water partition coefficient (Wildman–Crippen LogP) is 3.92. The summed E-state index contributed by atoms with van der Waals surface area (Å²) in [6.07, 6.45) is 2.60. The number of rotatable bonds is 6. The molecule has 0 amide bonds. The minimum Gasteiger partial charge on any atom is -0.309 e. The van der Waals surface area contributed by atoms with Gasteiger partial charge in [0.2, 0.25) is 0 Å². The molecule has 114 valence electrons. The van der Waals surface area contributed by atoms with Gasteiger partial charge in [-0.05, 0) is 48.5 Å². The highest BCUT2D eigenvalue weighted by Gasteiger charge is 2.19. The van der Waals surface area contributed by atoms with Crippen LogP contribution in [0.25, 0.3) is 0 Å². The lowest BCUT2D eigenvalue weighted by atomic mass is 10.1. The van der Waals surface area contributed by atoms with Gasteiger partial charge in [0.15, 0.2) is 0 Å². The number of nitrogens with one attached hydrogen (secondary N) is 1. The molecule has 4 nitrogen and oxygen atoms in total. The fourth-order valence-corrected chi connectivity index (χ4v) is 2.83. The van der Waals surface area contributed by atoms with Crippen molar-refractivity contribution >= 4 is 27.5 Å². The zero-order valence-electron chi connectivity index (χ0n) is 12.5.